The lowest BCUT2D eigenvalue weighted by molar-refractivity contribution is 0.326. The van der Waals surface area contributed by atoms with Gasteiger partial charge in [0.2, 0.25) is 0 Å². The average Bonchev–Trinajstić information content (AvgIpc) is 2.90. The van der Waals surface area contributed by atoms with E-state index in [4.69, 9.17) is 9.47 Å². The van der Waals surface area contributed by atoms with Crippen molar-refractivity contribution in [3.05, 3.63) is 71.8 Å². The van der Waals surface area contributed by atoms with Crippen LogP contribution >= 0.6 is 0 Å². The van der Waals surface area contributed by atoms with Crippen LogP contribution in [0.1, 0.15) is 30.4 Å². The van der Waals surface area contributed by atoms with Crippen LogP contribution in [0.2, 0.25) is 0 Å². The lowest BCUT2D eigenvalue weighted by Crippen LogP contribution is -2.23. The van der Waals surface area contributed by atoms with E-state index in [0.717, 1.165) is 50.5 Å². The number of ether oxygens (including phenoxy) is 2. The molecule has 5 heteroatoms. The Balaban J connectivity index is 1.19. The third kappa shape index (κ3) is 7.07. The molecule has 0 atom stereocenters. The van der Waals surface area contributed by atoms with E-state index in [1.165, 1.54) is 50.5 Å². The molecular weight excluding hydrogens is 458 g/mol. The second-order valence-corrected chi connectivity index (χ2v) is 10.0. The van der Waals surface area contributed by atoms with Crippen molar-refractivity contribution < 1.29 is 9.47 Å². The van der Waals surface area contributed by atoms with Gasteiger partial charge in [0.15, 0.2) is 0 Å². The van der Waals surface area contributed by atoms with E-state index in [9.17, 15) is 0 Å². The quantitative estimate of drug-likeness (QED) is 0.190. The number of hydrogen-bond acceptors (Lipinski definition) is 5. The number of fused-ring (bicyclic) bond motifs is 2. The zero-order valence-corrected chi connectivity index (χ0v) is 23.0. The van der Waals surface area contributed by atoms with Crippen molar-refractivity contribution in [1.29, 1.82) is 0 Å². The van der Waals surface area contributed by atoms with Gasteiger partial charge in [-0.2, -0.15) is 0 Å². The number of hydrogen-bond donors (Lipinski definition) is 2. The number of aryl methyl sites for hydroxylation is 2. The van der Waals surface area contributed by atoms with E-state index in [2.05, 4.69) is 85.0 Å². The maximum Gasteiger partial charge on any atom is 0.119 e. The molecule has 0 bridgehead atoms. The van der Waals surface area contributed by atoms with Crippen LogP contribution in [0.5, 0.6) is 11.5 Å². The molecule has 37 heavy (non-hydrogen) atoms. The first-order valence-corrected chi connectivity index (χ1v) is 13.3. The highest BCUT2D eigenvalue weighted by atomic mass is 16.5. The van der Waals surface area contributed by atoms with Crippen molar-refractivity contribution in [3.8, 4) is 11.5 Å². The Bertz CT molecular complexity index is 1330. The molecular formula is C32H41N3O2. The highest BCUT2D eigenvalue weighted by Crippen LogP contribution is 2.30. The summed E-state index contributed by atoms with van der Waals surface area (Å²) in [5, 5.41) is 12.2. The van der Waals surface area contributed by atoms with Crippen molar-refractivity contribution in [2.45, 2.75) is 33.1 Å². The molecule has 0 radical (unpaired) electrons. The van der Waals surface area contributed by atoms with Gasteiger partial charge >= 0.3 is 0 Å². The molecule has 0 aliphatic heterocycles. The maximum absolute atomic E-state index is 5.43. The Morgan fingerprint density at radius 1 is 0.622 bits per heavy atom. The molecule has 0 fully saturated rings. The summed E-state index contributed by atoms with van der Waals surface area (Å²) in [5.74, 6) is 1.79. The number of benzene rings is 4. The monoisotopic (exact) mass is 499 g/mol. The van der Waals surface area contributed by atoms with E-state index < -0.39 is 0 Å². The minimum Gasteiger partial charge on any atom is -0.497 e. The Morgan fingerprint density at radius 2 is 1.11 bits per heavy atom. The normalized spacial score (nSPS) is 11.3. The zero-order chi connectivity index (χ0) is 26.2. The number of anilines is 2. The van der Waals surface area contributed by atoms with Crippen molar-refractivity contribution in [3.63, 3.8) is 0 Å². The fourth-order valence-electron chi connectivity index (χ4n) is 4.93. The lowest BCUT2D eigenvalue weighted by atomic mass is 10.0. The van der Waals surface area contributed by atoms with E-state index in [-0.39, 0.29) is 0 Å². The number of rotatable bonds is 13. The van der Waals surface area contributed by atoms with E-state index in [0.29, 0.717) is 0 Å². The van der Waals surface area contributed by atoms with Crippen LogP contribution in [0.25, 0.3) is 21.5 Å². The van der Waals surface area contributed by atoms with Crippen LogP contribution in [0.4, 0.5) is 11.4 Å². The lowest BCUT2D eigenvalue weighted by Gasteiger charge is -2.18. The van der Waals surface area contributed by atoms with Crippen LogP contribution in [0, 0.1) is 13.8 Å². The largest absolute Gasteiger partial charge is 0.497 e. The van der Waals surface area contributed by atoms with Crippen LogP contribution in [-0.2, 0) is 0 Å². The van der Waals surface area contributed by atoms with Gasteiger partial charge < -0.3 is 25.0 Å². The molecule has 0 aliphatic rings. The molecule has 4 aromatic carbocycles. The maximum atomic E-state index is 5.43. The summed E-state index contributed by atoms with van der Waals surface area (Å²) in [6.45, 7) is 8.40. The SMILES string of the molecule is COc1ccc2cc(C)cc(NCCCCN(C)CCCNc3cc(C)cc4ccc(OC)cc34)c2c1. The first kappa shape index (κ1) is 26.6. The summed E-state index contributed by atoms with van der Waals surface area (Å²) in [5.41, 5.74) is 4.91. The number of unbranched alkanes of at least 4 members (excludes halogenated alkanes) is 1. The van der Waals surface area contributed by atoms with Crippen molar-refractivity contribution in [1.82, 2.24) is 4.90 Å². The molecule has 4 rings (SSSR count). The summed E-state index contributed by atoms with van der Waals surface area (Å²) >= 11 is 0. The van der Waals surface area contributed by atoms with Crippen LogP contribution < -0.4 is 20.1 Å². The predicted molar refractivity (Wildman–Crippen MR) is 159 cm³/mol. The van der Waals surface area contributed by atoms with Crippen LogP contribution in [0.15, 0.2) is 60.7 Å². The third-order valence-electron chi connectivity index (χ3n) is 6.93. The second-order valence-electron chi connectivity index (χ2n) is 10.0. The minimum atomic E-state index is 0.893. The highest BCUT2D eigenvalue weighted by molar-refractivity contribution is 5.96. The number of nitrogens with zero attached hydrogens (tertiary/aromatic N) is 1. The Morgan fingerprint density at radius 3 is 1.62 bits per heavy atom. The van der Waals surface area contributed by atoms with Crippen LogP contribution in [0.3, 0.4) is 0 Å². The molecule has 5 nitrogen and oxygen atoms in total. The second kappa shape index (κ2) is 12.7. The molecule has 0 unspecified atom stereocenters. The molecule has 0 amide bonds. The van der Waals surface area contributed by atoms with Gasteiger partial charge in [-0.3, -0.25) is 0 Å². The van der Waals surface area contributed by atoms with Gasteiger partial charge in [-0.1, -0.05) is 24.3 Å². The molecule has 4 aromatic rings. The van der Waals surface area contributed by atoms with Crippen molar-refractivity contribution in [2.24, 2.45) is 0 Å². The zero-order valence-electron chi connectivity index (χ0n) is 23.0. The molecule has 0 heterocycles. The van der Waals surface area contributed by atoms with Gasteiger partial charge in [-0.05, 0) is 112 Å². The summed E-state index contributed by atoms with van der Waals surface area (Å²) in [6.07, 6.45) is 3.41. The summed E-state index contributed by atoms with van der Waals surface area (Å²) < 4.78 is 10.9. The minimum absolute atomic E-state index is 0.893. The Kier molecular flexibility index (Phi) is 9.13. The van der Waals surface area contributed by atoms with E-state index in [1.807, 2.05) is 12.1 Å². The summed E-state index contributed by atoms with van der Waals surface area (Å²) in [4.78, 5) is 2.44. The average molecular weight is 500 g/mol. The van der Waals surface area contributed by atoms with Crippen molar-refractivity contribution in [2.75, 3.05) is 58.1 Å². The number of methoxy groups -OCH3 is 2. The first-order chi connectivity index (χ1) is 18.0. The first-order valence-electron chi connectivity index (χ1n) is 13.3. The number of nitrogens with one attached hydrogen (secondary N) is 2. The predicted octanol–water partition coefficient (Wildman–Crippen LogP) is 7.25. The fourth-order valence-corrected chi connectivity index (χ4v) is 4.93. The van der Waals surface area contributed by atoms with Gasteiger partial charge in [0, 0.05) is 35.2 Å². The van der Waals surface area contributed by atoms with Gasteiger partial charge in [-0.25, -0.2) is 0 Å². The highest BCUT2D eigenvalue weighted by Gasteiger charge is 2.07. The Labute approximate surface area is 221 Å². The standard InChI is InChI=1S/C32H41N3O2/c1-23-17-25-9-11-27(36-4)21-29(25)31(19-23)33-13-6-7-15-35(3)16-8-14-34-32-20-24(2)18-26-10-12-28(37-5)22-30(26)32/h9-12,17-22,33-34H,6-8,13-16H2,1-5H3. The summed E-state index contributed by atoms with van der Waals surface area (Å²) in [7, 11) is 5.66. The molecule has 0 saturated carbocycles. The van der Waals surface area contributed by atoms with E-state index >= 15 is 0 Å². The van der Waals surface area contributed by atoms with Crippen molar-refractivity contribution >= 4 is 32.9 Å². The van der Waals surface area contributed by atoms with Crippen LogP contribution in [-0.4, -0.2) is 52.3 Å². The molecule has 0 spiro atoms. The van der Waals surface area contributed by atoms with Gasteiger partial charge in [0.25, 0.3) is 0 Å². The van der Waals surface area contributed by atoms with Gasteiger partial charge in [0.05, 0.1) is 14.2 Å². The molecule has 0 saturated heterocycles. The molecule has 0 aliphatic carbocycles. The van der Waals surface area contributed by atoms with E-state index in [1.54, 1.807) is 14.2 Å². The fraction of sp³-hybridized carbons (Fsp3) is 0.375. The third-order valence-corrected chi connectivity index (χ3v) is 6.93. The van der Waals surface area contributed by atoms with Gasteiger partial charge in [-0.15, -0.1) is 0 Å². The smallest absolute Gasteiger partial charge is 0.119 e. The van der Waals surface area contributed by atoms with Gasteiger partial charge in [0.1, 0.15) is 11.5 Å². The topological polar surface area (TPSA) is 45.8 Å². The summed E-state index contributed by atoms with van der Waals surface area (Å²) in [6, 6.07) is 21.5. The molecule has 196 valence electrons. The molecule has 2 N–H and O–H groups in total. The Hall–Kier alpha value is -3.44. The molecule has 0 aromatic heterocycles.